The summed E-state index contributed by atoms with van der Waals surface area (Å²) in [6.45, 7) is 0.994. The highest BCUT2D eigenvalue weighted by Gasteiger charge is 2.40. The molecule has 0 fully saturated rings. The van der Waals surface area contributed by atoms with Crippen LogP contribution in [-0.2, 0) is 14.3 Å². The summed E-state index contributed by atoms with van der Waals surface area (Å²) in [5.74, 6) is -4.38. The number of para-hydroxylation sites is 1. The molecule has 11 nitrogen and oxygen atoms in total. The molecule has 1 unspecified atom stereocenters. The van der Waals surface area contributed by atoms with Gasteiger partial charge in [0.15, 0.2) is 5.75 Å². The van der Waals surface area contributed by atoms with E-state index in [2.05, 4.69) is 4.74 Å². The fourth-order valence-corrected chi connectivity index (χ4v) is 2.37. The van der Waals surface area contributed by atoms with Crippen LogP contribution in [0.2, 0.25) is 0 Å². The fraction of sp³-hybridized carbons (Fsp3) is 0.267. The van der Waals surface area contributed by atoms with Crippen LogP contribution in [0.3, 0.4) is 0 Å². The van der Waals surface area contributed by atoms with Gasteiger partial charge in [0.05, 0.1) is 17.4 Å². The van der Waals surface area contributed by atoms with E-state index in [4.69, 9.17) is 20.1 Å². The second-order valence-electron chi connectivity index (χ2n) is 5.20. The molecule has 0 aliphatic heterocycles. The third-order valence-electron chi connectivity index (χ3n) is 3.56. The van der Waals surface area contributed by atoms with E-state index < -0.39 is 41.0 Å². The number of nitrogens with two attached hydrogens (primary N) is 1. The van der Waals surface area contributed by atoms with Crippen LogP contribution in [0.15, 0.2) is 27.5 Å². The van der Waals surface area contributed by atoms with Crippen LogP contribution in [0.5, 0.6) is 5.75 Å². The Labute approximate surface area is 145 Å². The summed E-state index contributed by atoms with van der Waals surface area (Å²) in [7, 11) is 1.06. The Morgan fingerprint density at radius 3 is 2.54 bits per heavy atom. The quantitative estimate of drug-likeness (QED) is 0.404. The molecule has 1 aromatic carbocycles. The number of ether oxygens (including phenoxy) is 2. The largest absolute Gasteiger partial charge is 0.513 e. The van der Waals surface area contributed by atoms with Gasteiger partial charge in [-0.3, -0.25) is 19.6 Å². The van der Waals surface area contributed by atoms with E-state index in [1.807, 2.05) is 0 Å². The van der Waals surface area contributed by atoms with E-state index in [1.54, 1.807) is 0 Å². The summed E-state index contributed by atoms with van der Waals surface area (Å²) in [4.78, 5) is 46.6. The van der Waals surface area contributed by atoms with Crippen LogP contribution in [-0.4, -0.2) is 36.2 Å². The van der Waals surface area contributed by atoms with Gasteiger partial charge in [0.25, 0.3) is 5.43 Å². The van der Waals surface area contributed by atoms with Crippen molar-refractivity contribution in [2.45, 2.75) is 18.9 Å². The van der Waals surface area contributed by atoms with E-state index in [0.29, 0.717) is 0 Å². The van der Waals surface area contributed by atoms with Crippen LogP contribution in [0, 0.1) is 5.21 Å². The van der Waals surface area contributed by atoms with E-state index >= 15 is 0 Å². The standard InChI is InChI=1S/C15H14N2O9/c1-6(18)9(10(16)14(20)21)11-12(19)7-4-3-5-8(25-15(22)24-2)13(7)26-17(11)23/h3-5,9-10H,16H2,1-2H3,(H,20,21)/t9?,10-/m0/s1. The van der Waals surface area contributed by atoms with Crippen LogP contribution < -0.4 is 20.8 Å². The lowest BCUT2D eigenvalue weighted by atomic mass is 9.92. The topological polar surface area (TPSA) is 173 Å². The number of Topliss-reactive ketones (excluding diaryl/α,β-unsaturated/α-hetero) is 1. The SMILES string of the molecule is COC(=O)Oc1cccc2c(=O)c(C(C(C)=O)[C@H](N)C(=O)O)[n+]([O-])oc12. The van der Waals surface area contributed by atoms with Gasteiger partial charge in [-0.05, 0) is 19.1 Å². The summed E-state index contributed by atoms with van der Waals surface area (Å²) < 4.78 is 14.0. The second-order valence-corrected chi connectivity index (χ2v) is 5.20. The Hall–Kier alpha value is -3.47. The Bertz CT molecular complexity index is 950. The first-order chi connectivity index (χ1) is 12.2. The number of benzene rings is 1. The minimum atomic E-state index is -1.83. The summed E-state index contributed by atoms with van der Waals surface area (Å²) in [6.07, 6.45) is -1.11. The molecule has 26 heavy (non-hydrogen) atoms. The van der Waals surface area contributed by atoms with E-state index in [-0.39, 0.29) is 21.6 Å². The highest BCUT2D eigenvalue weighted by molar-refractivity contribution is 5.91. The molecule has 138 valence electrons. The number of hydrogen-bond donors (Lipinski definition) is 2. The molecular formula is C15H14N2O9. The molecule has 3 N–H and O–H groups in total. The molecule has 2 aromatic rings. The molecule has 0 spiro atoms. The maximum absolute atomic E-state index is 12.7. The summed E-state index contributed by atoms with van der Waals surface area (Å²) in [5.41, 5.74) is 3.31. The van der Waals surface area contributed by atoms with Gasteiger partial charge in [-0.15, -0.1) is 0 Å². The summed E-state index contributed by atoms with van der Waals surface area (Å²) in [6, 6.07) is 1.99. The number of carboxylic acids is 1. The van der Waals surface area contributed by atoms with Gasteiger partial charge in [-0.2, -0.15) is 0 Å². The van der Waals surface area contributed by atoms with Crippen LogP contribution >= 0.6 is 0 Å². The molecule has 0 amide bonds. The predicted molar refractivity (Wildman–Crippen MR) is 83.5 cm³/mol. The third kappa shape index (κ3) is 3.32. The van der Waals surface area contributed by atoms with E-state index in [9.17, 15) is 24.4 Å². The molecule has 0 bridgehead atoms. The normalized spacial score (nSPS) is 13.0. The van der Waals surface area contributed by atoms with Crippen LogP contribution in [0.1, 0.15) is 18.5 Å². The highest BCUT2D eigenvalue weighted by Crippen LogP contribution is 2.25. The average Bonchev–Trinajstić information content (AvgIpc) is 2.58. The van der Waals surface area contributed by atoms with Crippen molar-refractivity contribution in [1.29, 1.82) is 0 Å². The van der Waals surface area contributed by atoms with Crippen molar-refractivity contribution in [3.63, 3.8) is 0 Å². The number of nitrogens with zero attached hydrogens (tertiary/aromatic N) is 1. The molecular weight excluding hydrogens is 352 g/mol. The molecule has 0 saturated heterocycles. The molecule has 0 aliphatic carbocycles. The van der Waals surface area contributed by atoms with Gasteiger partial charge in [0.1, 0.15) is 23.3 Å². The fourth-order valence-electron chi connectivity index (χ4n) is 2.37. The smallest absolute Gasteiger partial charge is 0.480 e. The monoisotopic (exact) mass is 366 g/mol. The zero-order chi connectivity index (χ0) is 19.6. The first kappa shape index (κ1) is 18.9. The minimum absolute atomic E-state index is 0.211. The predicted octanol–water partition coefficient (Wildman–Crippen LogP) is -0.344. The highest BCUT2D eigenvalue weighted by atomic mass is 16.7. The minimum Gasteiger partial charge on any atom is -0.480 e. The molecule has 2 atom stereocenters. The Balaban J connectivity index is 2.75. The lowest BCUT2D eigenvalue weighted by Crippen LogP contribution is -2.49. The van der Waals surface area contributed by atoms with Crippen molar-refractivity contribution in [1.82, 2.24) is 0 Å². The number of aliphatic carboxylic acids is 1. The zero-order valence-corrected chi connectivity index (χ0v) is 13.6. The van der Waals surface area contributed by atoms with Crippen molar-refractivity contribution in [2.75, 3.05) is 7.11 Å². The van der Waals surface area contributed by atoms with E-state index in [0.717, 1.165) is 14.0 Å². The molecule has 0 aliphatic rings. The maximum Gasteiger partial charge on any atom is 0.513 e. The van der Waals surface area contributed by atoms with Gasteiger partial charge in [0.2, 0.25) is 0 Å². The first-order valence-electron chi connectivity index (χ1n) is 7.13. The van der Waals surface area contributed by atoms with Gasteiger partial charge in [-0.25, -0.2) is 4.79 Å². The van der Waals surface area contributed by atoms with Gasteiger partial charge < -0.3 is 24.8 Å². The zero-order valence-electron chi connectivity index (χ0n) is 13.6. The molecule has 2 rings (SSSR count). The summed E-state index contributed by atoms with van der Waals surface area (Å²) in [5, 5.41) is 21.0. The van der Waals surface area contributed by atoms with Crippen molar-refractivity contribution >= 4 is 28.9 Å². The summed E-state index contributed by atoms with van der Waals surface area (Å²) >= 11 is 0. The van der Waals surface area contributed by atoms with Crippen molar-refractivity contribution in [2.24, 2.45) is 5.73 Å². The molecule has 1 heterocycles. The number of carbonyl (C=O) groups excluding carboxylic acids is 2. The average molecular weight is 366 g/mol. The Morgan fingerprint density at radius 1 is 1.35 bits per heavy atom. The van der Waals surface area contributed by atoms with Gasteiger partial charge in [-0.1, -0.05) is 6.07 Å². The van der Waals surface area contributed by atoms with Gasteiger partial charge in [0, 0.05) is 0 Å². The van der Waals surface area contributed by atoms with Crippen molar-refractivity contribution in [3.05, 3.63) is 39.3 Å². The third-order valence-corrected chi connectivity index (χ3v) is 3.56. The number of rotatable bonds is 5. The van der Waals surface area contributed by atoms with Gasteiger partial charge >= 0.3 is 17.8 Å². The lowest BCUT2D eigenvalue weighted by molar-refractivity contribution is -0.800. The van der Waals surface area contributed by atoms with Crippen LogP contribution in [0.25, 0.3) is 11.0 Å². The number of ketones is 1. The lowest BCUT2D eigenvalue weighted by Gasteiger charge is -2.15. The van der Waals surface area contributed by atoms with E-state index in [1.165, 1.54) is 18.2 Å². The molecule has 1 aromatic heterocycles. The Morgan fingerprint density at radius 2 is 2.00 bits per heavy atom. The second kappa shape index (κ2) is 7.19. The van der Waals surface area contributed by atoms with Crippen LogP contribution in [0.4, 0.5) is 4.79 Å². The molecule has 0 radical (unpaired) electrons. The number of methoxy groups -OCH3 is 1. The molecule has 11 heteroatoms. The number of carboxylic acid groups (broad SMARTS) is 1. The maximum atomic E-state index is 12.7. The number of fused-ring (bicyclic) bond motifs is 1. The van der Waals surface area contributed by atoms with Crippen molar-refractivity contribution < 1.29 is 38.4 Å². The number of carbonyl (C=O) groups is 3. The number of aromatic nitrogens is 1. The molecule has 0 saturated carbocycles. The number of hydrogen-bond acceptors (Lipinski definition) is 9. The van der Waals surface area contributed by atoms with Crippen molar-refractivity contribution in [3.8, 4) is 5.75 Å². The first-order valence-corrected chi connectivity index (χ1v) is 7.13. The Kier molecular flexibility index (Phi) is 5.22.